The van der Waals surface area contributed by atoms with E-state index in [0.29, 0.717) is 35.5 Å². The van der Waals surface area contributed by atoms with Crippen molar-refractivity contribution in [2.24, 2.45) is 22.7 Å². The van der Waals surface area contributed by atoms with Crippen LogP contribution in [0.2, 0.25) is 0 Å². The van der Waals surface area contributed by atoms with Gasteiger partial charge in [-0.2, -0.15) is 0 Å². The number of ether oxygens (including phenoxy) is 6. The minimum Gasteiger partial charge on any atom is -0.493 e. The van der Waals surface area contributed by atoms with Gasteiger partial charge in [0.05, 0.1) is 19.8 Å². The fourth-order valence-corrected chi connectivity index (χ4v) is 7.56. The Labute approximate surface area is 264 Å². The summed E-state index contributed by atoms with van der Waals surface area (Å²) in [6.07, 6.45) is 6.91. The molecule has 1 saturated heterocycles. The molecule has 0 bridgehead atoms. The van der Waals surface area contributed by atoms with Crippen LogP contribution in [0.15, 0.2) is 48.1 Å². The minimum absolute atomic E-state index is 0.00613. The van der Waals surface area contributed by atoms with Crippen molar-refractivity contribution in [3.05, 3.63) is 53.6 Å². The Balaban J connectivity index is 1.51. The van der Waals surface area contributed by atoms with Crippen LogP contribution in [-0.2, 0) is 38.1 Å². The van der Waals surface area contributed by atoms with Crippen LogP contribution in [0.1, 0.15) is 65.4 Å². The summed E-state index contributed by atoms with van der Waals surface area (Å²) in [6, 6.07) is 5.25. The molecule has 2 saturated carbocycles. The number of methoxy groups -OCH3 is 2. The Hall–Kier alpha value is -4.08. The second kappa shape index (κ2) is 13.9. The average molecular weight is 625 g/mol. The summed E-state index contributed by atoms with van der Waals surface area (Å²) in [5.74, 6) is -0.726. The van der Waals surface area contributed by atoms with Gasteiger partial charge in [0.1, 0.15) is 19.3 Å². The number of carbonyl (C=O) groups excluding carboxylic acids is 4. The van der Waals surface area contributed by atoms with Crippen LogP contribution >= 0.6 is 0 Å². The van der Waals surface area contributed by atoms with E-state index < -0.39 is 29.6 Å². The van der Waals surface area contributed by atoms with Gasteiger partial charge in [0.25, 0.3) is 0 Å². The highest BCUT2D eigenvalue weighted by Gasteiger charge is 2.59. The predicted molar refractivity (Wildman–Crippen MR) is 165 cm³/mol. The van der Waals surface area contributed by atoms with E-state index in [1.54, 1.807) is 31.4 Å². The molecule has 1 heterocycles. The first-order valence-electron chi connectivity index (χ1n) is 15.3. The maximum Gasteiger partial charge on any atom is 0.337 e. The number of allylic oxidation sites excluding steroid dienone is 2. The number of hydrogen-bond acceptors (Lipinski definition) is 10. The summed E-state index contributed by atoms with van der Waals surface area (Å²) in [5, 5.41) is 0. The van der Waals surface area contributed by atoms with Gasteiger partial charge < -0.3 is 28.4 Å². The monoisotopic (exact) mass is 624 g/mol. The molecule has 1 aromatic carbocycles. The molecule has 0 amide bonds. The van der Waals surface area contributed by atoms with E-state index in [1.807, 2.05) is 13.0 Å². The Bertz CT molecular complexity index is 1390. The third-order valence-electron chi connectivity index (χ3n) is 9.81. The van der Waals surface area contributed by atoms with Crippen molar-refractivity contribution < 1.29 is 47.6 Å². The second-order valence-corrected chi connectivity index (χ2v) is 12.6. The largest absolute Gasteiger partial charge is 0.493 e. The fourth-order valence-electron chi connectivity index (χ4n) is 7.56. The highest BCUT2D eigenvalue weighted by atomic mass is 16.6. The molecule has 2 unspecified atom stereocenters. The van der Waals surface area contributed by atoms with E-state index in [9.17, 15) is 19.2 Å². The normalized spacial score (nSPS) is 30.4. The number of fused-ring (bicyclic) bond motifs is 1. The van der Waals surface area contributed by atoms with Crippen LogP contribution in [0.4, 0.5) is 0 Å². The zero-order chi connectivity index (χ0) is 32.9. The summed E-state index contributed by atoms with van der Waals surface area (Å²) in [7, 11) is 3.08. The first kappa shape index (κ1) is 33.8. The lowest BCUT2D eigenvalue weighted by Gasteiger charge is -2.60. The molecule has 2 aliphatic carbocycles. The summed E-state index contributed by atoms with van der Waals surface area (Å²) in [6.45, 7) is 11.5. The van der Waals surface area contributed by atoms with Crippen LogP contribution in [-0.4, -0.2) is 63.5 Å². The predicted octanol–water partition coefficient (Wildman–Crippen LogP) is 5.39. The number of carbonyl (C=O) groups is 4. The molecule has 0 spiro atoms. The van der Waals surface area contributed by atoms with Crippen LogP contribution in [0.25, 0.3) is 6.08 Å². The SMILES string of the molecule is C=C1CCC2[C@](C)(COC(C)=O)[C@H](OC(C)=O)CC[C@@]2(C)[C@@H]1C/C=C1\C(=O)OCC1OC(=O)/C=C/c1ccc(OC)c(OC)c1. The van der Waals surface area contributed by atoms with Gasteiger partial charge in [0, 0.05) is 25.3 Å². The topological polar surface area (TPSA) is 124 Å². The highest BCUT2D eigenvalue weighted by molar-refractivity contribution is 5.93. The van der Waals surface area contributed by atoms with Crippen molar-refractivity contribution in [3.63, 3.8) is 0 Å². The fraction of sp³-hybridized carbons (Fsp3) is 0.543. The Morgan fingerprint density at radius 2 is 1.78 bits per heavy atom. The van der Waals surface area contributed by atoms with Gasteiger partial charge in [-0.15, -0.1) is 0 Å². The van der Waals surface area contributed by atoms with Crippen LogP contribution < -0.4 is 9.47 Å². The lowest BCUT2D eigenvalue weighted by atomic mass is 9.46. The molecule has 0 radical (unpaired) electrons. The van der Waals surface area contributed by atoms with E-state index in [4.69, 9.17) is 28.4 Å². The standard InChI is InChI=1S/C35H44O10/c1-21-8-14-30-34(4,17-16-31(44-23(3)37)35(30,5)20-43-22(2)36)26(21)12-11-25-29(19-42-33(25)39)45-32(38)15-10-24-9-13-27(40-6)28(18-24)41-7/h9-11,13,15,18,26,29-31H,1,8,12,14,16-17,19-20H2,2-7H3/b15-10+,25-11-/t26-,29?,30?,31-,34+,35+/m1/s1. The van der Waals surface area contributed by atoms with E-state index in [-0.39, 0.29) is 42.4 Å². The van der Waals surface area contributed by atoms with E-state index in [1.165, 1.54) is 27.0 Å². The third-order valence-corrected chi connectivity index (χ3v) is 9.81. The highest BCUT2D eigenvalue weighted by Crippen LogP contribution is 2.62. The number of benzene rings is 1. The number of cyclic esters (lactones) is 1. The maximum atomic E-state index is 12.7. The molecule has 6 atom stereocenters. The second-order valence-electron chi connectivity index (χ2n) is 12.6. The summed E-state index contributed by atoms with van der Waals surface area (Å²) in [5.41, 5.74) is 1.22. The van der Waals surface area contributed by atoms with Gasteiger partial charge >= 0.3 is 23.9 Å². The molecule has 244 valence electrons. The Morgan fingerprint density at radius 3 is 2.44 bits per heavy atom. The molecule has 4 rings (SSSR count). The van der Waals surface area contributed by atoms with Crippen LogP contribution in [0.5, 0.6) is 11.5 Å². The van der Waals surface area contributed by atoms with E-state index >= 15 is 0 Å². The third kappa shape index (κ3) is 7.26. The zero-order valence-corrected chi connectivity index (χ0v) is 27.0. The van der Waals surface area contributed by atoms with E-state index in [2.05, 4.69) is 13.5 Å². The minimum atomic E-state index is -0.838. The van der Waals surface area contributed by atoms with Crippen LogP contribution in [0.3, 0.4) is 0 Å². The smallest absolute Gasteiger partial charge is 0.337 e. The van der Waals surface area contributed by atoms with Gasteiger partial charge in [-0.3, -0.25) is 9.59 Å². The quantitative estimate of drug-likeness (QED) is 0.145. The molecular weight excluding hydrogens is 580 g/mol. The molecule has 45 heavy (non-hydrogen) atoms. The van der Waals surface area contributed by atoms with Gasteiger partial charge in [-0.05, 0) is 73.1 Å². The van der Waals surface area contributed by atoms with Gasteiger partial charge in [-0.1, -0.05) is 38.1 Å². The average Bonchev–Trinajstić information content (AvgIpc) is 3.34. The number of rotatable bonds is 10. The van der Waals surface area contributed by atoms with Crippen LogP contribution in [0, 0.1) is 22.7 Å². The number of hydrogen-bond donors (Lipinski definition) is 0. The molecule has 1 aliphatic heterocycles. The summed E-state index contributed by atoms with van der Waals surface area (Å²) in [4.78, 5) is 49.3. The molecule has 3 aliphatic rings. The molecule has 10 nitrogen and oxygen atoms in total. The van der Waals surface area contributed by atoms with Crippen molar-refractivity contribution in [2.45, 2.75) is 72.0 Å². The van der Waals surface area contributed by atoms with Crippen molar-refractivity contribution in [2.75, 3.05) is 27.4 Å². The summed E-state index contributed by atoms with van der Waals surface area (Å²) < 4.78 is 32.8. The van der Waals surface area contributed by atoms with Crippen molar-refractivity contribution in [3.8, 4) is 11.5 Å². The molecule has 3 fully saturated rings. The number of esters is 4. The van der Waals surface area contributed by atoms with Gasteiger partial charge in [0.15, 0.2) is 17.6 Å². The Morgan fingerprint density at radius 1 is 1.04 bits per heavy atom. The molecule has 0 aromatic heterocycles. The first-order valence-corrected chi connectivity index (χ1v) is 15.3. The molecular formula is C35H44O10. The zero-order valence-electron chi connectivity index (χ0n) is 27.0. The summed E-state index contributed by atoms with van der Waals surface area (Å²) >= 11 is 0. The Kier molecular flexibility index (Phi) is 10.5. The molecule has 1 aromatic rings. The van der Waals surface area contributed by atoms with E-state index in [0.717, 1.165) is 24.8 Å². The molecule has 10 heteroatoms. The van der Waals surface area contributed by atoms with Gasteiger partial charge in [0.2, 0.25) is 0 Å². The maximum absolute atomic E-state index is 12.7. The van der Waals surface area contributed by atoms with Crippen molar-refractivity contribution in [1.82, 2.24) is 0 Å². The lowest BCUT2D eigenvalue weighted by molar-refractivity contribution is -0.191. The van der Waals surface area contributed by atoms with Crippen molar-refractivity contribution in [1.29, 1.82) is 0 Å². The first-order chi connectivity index (χ1) is 21.3. The molecule has 0 N–H and O–H groups in total. The van der Waals surface area contributed by atoms with Gasteiger partial charge in [-0.25, -0.2) is 9.59 Å². The van der Waals surface area contributed by atoms with Crippen molar-refractivity contribution >= 4 is 30.0 Å². The lowest BCUT2D eigenvalue weighted by Crippen LogP contribution is -2.58.